The normalized spacial score (nSPS) is 33.7. The molecule has 37 heavy (non-hydrogen) atoms. The summed E-state index contributed by atoms with van der Waals surface area (Å²) < 4.78 is 7.14. The number of carbonyl (C=O) groups excluding carboxylic acids is 1. The van der Waals surface area contributed by atoms with E-state index in [1.165, 1.54) is 6.42 Å². The van der Waals surface area contributed by atoms with Crippen LogP contribution in [-0.2, 0) is 16.2 Å². The van der Waals surface area contributed by atoms with Crippen molar-refractivity contribution in [3.63, 3.8) is 0 Å². The van der Waals surface area contributed by atoms with Gasteiger partial charge in [-0.25, -0.2) is 0 Å². The zero-order valence-corrected chi connectivity index (χ0v) is 25.1. The maximum absolute atomic E-state index is 13.9. The van der Waals surface area contributed by atoms with Gasteiger partial charge in [0.1, 0.15) is 24.5 Å². The first-order valence-corrected chi connectivity index (χ1v) is 14.6. The number of carbonyl (C=O) groups is 1. The van der Waals surface area contributed by atoms with Gasteiger partial charge in [0.25, 0.3) is 0 Å². The Morgan fingerprint density at radius 1 is 1.35 bits per heavy atom. The number of hydroxylamine groups is 2. The summed E-state index contributed by atoms with van der Waals surface area (Å²) in [5, 5.41) is 25.7. The first-order chi connectivity index (χ1) is 17.4. The highest BCUT2D eigenvalue weighted by Crippen LogP contribution is 2.61. The molecule has 1 aromatic carbocycles. The van der Waals surface area contributed by atoms with Crippen LogP contribution in [-0.4, -0.2) is 84.2 Å². The zero-order chi connectivity index (χ0) is 27.1. The van der Waals surface area contributed by atoms with Gasteiger partial charge in [0.05, 0.1) is 22.8 Å². The Hall–Kier alpha value is -0.980. The Morgan fingerprint density at radius 3 is 2.68 bits per heavy atom. The number of likely N-dealkylation sites (N-methyl/N-ethyl adjacent to an activating group) is 1. The van der Waals surface area contributed by atoms with E-state index < -0.39 is 24.2 Å². The largest absolute Gasteiger partial charge is 0.491 e. The number of nitrogens with one attached hydrogen (secondary N) is 1. The van der Waals surface area contributed by atoms with Gasteiger partial charge in [-0.1, -0.05) is 32.9 Å². The van der Waals surface area contributed by atoms with Gasteiger partial charge in [-0.3, -0.25) is 9.63 Å². The van der Waals surface area contributed by atoms with Gasteiger partial charge in [0, 0.05) is 24.1 Å². The maximum atomic E-state index is 13.9. The van der Waals surface area contributed by atoms with Crippen molar-refractivity contribution in [3.8, 4) is 5.75 Å². The summed E-state index contributed by atoms with van der Waals surface area (Å²) in [6.07, 6.45) is 0.743. The topological polar surface area (TPSA) is 94.5 Å². The molecule has 0 unspecified atom stereocenters. The van der Waals surface area contributed by atoms with Crippen LogP contribution in [0.4, 0.5) is 0 Å². The molecule has 0 spiro atoms. The van der Waals surface area contributed by atoms with Crippen molar-refractivity contribution >= 4 is 28.5 Å². The highest BCUT2D eigenvalue weighted by Gasteiger charge is 2.57. The van der Waals surface area contributed by atoms with Crippen LogP contribution < -0.4 is 10.1 Å². The van der Waals surface area contributed by atoms with Crippen LogP contribution in [0.2, 0.25) is 0 Å². The summed E-state index contributed by atoms with van der Waals surface area (Å²) in [4.78, 5) is 22.1. The van der Waals surface area contributed by atoms with Gasteiger partial charge in [-0.15, -0.1) is 0 Å². The number of ether oxygens (including phenoxy) is 1. The number of aliphatic hydroxyl groups is 2. The fourth-order valence-corrected chi connectivity index (χ4v) is 7.53. The second-order valence-electron chi connectivity index (χ2n) is 12.1. The van der Waals surface area contributed by atoms with E-state index in [0.29, 0.717) is 36.3 Å². The molecule has 4 aliphatic rings. The first kappa shape index (κ1) is 29.0. The number of amides is 1. The number of halogens is 1. The number of aliphatic hydroxyl groups excluding tert-OH is 2. The third-order valence-corrected chi connectivity index (χ3v) is 10.1. The van der Waals surface area contributed by atoms with E-state index >= 15 is 0 Å². The molecule has 3 saturated carbocycles. The van der Waals surface area contributed by atoms with Gasteiger partial charge in [0.15, 0.2) is 0 Å². The van der Waals surface area contributed by atoms with E-state index in [4.69, 9.17) is 9.57 Å². The standard InChI is InChI=1S/C28H44IN3O5/c1-16-20-12-19(28(20,3)4)13-22(16)30-27(35)25-24(17(2)34)23(15-33)37-32(25)14-18-8-7-9-21(29)26(18)36-11-10-31(5)6/h7-9,16-17,19-20,22-25,33-34H,10-15H2,1-6H3,(H,30,35)/t16-,17-,19-,20+,22-,23-,24+,25-/m0/s1. The molecule has 2 bridgehead atoms. The van der Waals surface area contributed by atoms with E-state index in [0.717, 1.165) is 27.8 Å². The Balaban J connectivity index is 1.55. The second-order valence-corrected chi connectivity index (χ2v) is 13.3. The minimum absolute atomic E-state index is 0.108. The third-order valence-electron chi connectivity index (χ3n) is 9.22. The Bertz CT molecular complexity index is 958. The van der Waals surface area contributed by atoms with Crippen molar-refractivity contribution in [2.24, 2.45) is 29.1 Å². The van der Waals surface area contributed by atoms with E-state index in [-0.39, 0.29) is 18.6 Å². The van der Waals surface area contributed by atoms with Crippen molar-refractivity contribution in [2.75, 3.05) is 33.9 Å². The summed E-state index contributed by atoms with van der Waals surface area (Å²) in [5.41, 5.74) is 1.24. The molecule has 208 valence electrons. The molecule has 5 rings (SSSR count). The maximum Gasteiger partial charge on any atom is 0.240 e. The minimum atomic E-state index is -0.819. The van der Waals surface area contributed by atoms with Gasteiger partial charge >= 0.3 is 0 Å². The number of hydrogen-bond donors (Lipinski definition) is 3. The highest BCUT2D eigenvalue weighted by molar-refractivity contribution is 14.1. The second kappa shape index (κ2) is 11.6. The monoisotopic (exact) mass is 629 g/mol. The Kier molecular flexibility index (Phi) is 9.12. The predicted octanol–water partition coefficient (Wildman–Crippen LogP) is 2.89. The Morgan fingerprint density at radius 2 is 2.08 bits per heavy atom. The van der Waals surface area contributed by atoms with Crippen LogP contribution in [0.15, 0.2) is 18.2 Å². The van der Waals surface area contributed by atoms with Crippen LogP contribution in [0.1, 0.15) is 46.1 Å². The average Bonchev–Trinajstić information content (AvgIpc) is 3.20. The molecule has 0 radical (unpaired) electrons. The lowest BCUT2D eigenvalue weighted by atomic mass is 9.45. The van der Waals surface area contributed by atoms with E-state index in [9.17, 15) is 15.0 Å². The number of para-hydroxylation sites is 1. The van der Waals surface area contributed by atoms with Crippen LogP contribution in [0.25, 0.3) is 0 Å². The van der Waals surface area contributed by atoms with Crippen LogP contribution in [0.3, 0.4) is 0 Å². The lowest BCUT2D eigenvalue weighted by molar-refractivity contribution is -0.183. The van der Waals surface area contributed by atoms with Crippen LogP contribution in [0, 0.1) is 32.7 Å². The van der Waals surface area contributed by atoms with Gasteiger partial charge in [-0.05, 0) is 85.7 Å². The molecule has 8 atom stereocenters. The van der Waals surface area contributed by atoms with E-state index in [1.807, 2.05) is 32.3 Å². The molecule has 0 aromatic heterocycles. The summed E-state index contributed by atoms with van der Waals surface area (Å²) in [6.45, 7) is 9.98. The summed E-state index contributed by atoms with van der Waals surface area (Å²) in [7, 11) is 4.01. The molecule has 1 saturated heterocycles. The van der Waals surface area contributed by atoms with Crippen LogP contribution >= 0.6 is 22.6 Å². The first-order valence-electron chi connectivity index (χ1n) is 13.5. The van der Waals surface area contributed by atoms with Crippen molar-refractivity contribution < 1.29 is 24.6 Å². The molecule has 8 nitrogen and oxygen atoms in total. The van der Waals surface area contributed by atoms with Crippen molar-refractivity contribution in [3.05, 3.63) is 27.3 Å². The summed E-state index contributed by atoms with van der Waals surface area (Å²) >= 11 is 2.26. The molecule has 3 N–H and O–H groups in total. The zero-order valence-electron chi connectivity index (χ0n) is 23.0. The highest BCUT2D eigenvalue weighted by atomic mass is 127. The average molecular weight is 630 g/mol. The smallest absolute Gasteiger partial charge is 0.240 e. The van der Waals surface area contributed by atoms with Gasteiger partial charge in [-0.2, -0.15) is 5.06 Å². The number of benzene rings is 1. The summed E-state index contributed by atoms with van der Waals surface area (Å²) in [6, 6.07) is 5.33. The molecule has 1 aliphatic heterocycles. The molecular formula is C28H44IN3O5. The van der Waals surface area contributed by atoms with Crippen molar-refractivity contribution in [1.82, 2.24) is 15.3 Å². The van der Waals surface area contributed by atoms with E-state index in [2.05, 4.69) is 53.6 Å². The lowest BCUT2D eigenvalue weighted by Gasteiger charge is -2.62. The SMILES string of the molecule is C[C@@H]1[C@@H](NC(=O)[C@@H]2[C@H]([C@H](C)O)[C@H](CO)ON2Cc2cccc(I)c2OCCN(C)C)C[C@@H]2C[C@H]1C2(C)C. The lowest BCUT2D eigenvalue weighted by Crippen LogP contribution is -2.62. The van der Waals surface area contributed by atoms with E-state index in [1.54, 1.807) is 12.0 Å². The molecule has 1 amide bonds. The predicted molar refractivity (Wildman–Crippen MR) is 151 cm³/mol. The van der Waals surface area contributed by atoms with Crippen LogP contribution in [0.5, 0.6) is 5.75 Å². The van der Waals surface area contributed by atoms with Crippen molar-refractivity contribution in [2.45, 2.75) is 71.4 Å². The molecule has 1 aromatic rings. The quantitative estimate of drug-likeness (QED) is 0.343. The molecular weight excluding hydrogens is 585 g/mol. The third kappa shape index (κ3) is 5.82. The minimum Gasteiger partial charge on any atom is -0.491 e. The summed E-state index contributed by atoms with van der Waals surface area (Å²) in [5.74, 6) is 1.72. The molecule has 3 aliphatic carbocycles. The number of fused-ring (bicyclic) bond motifs is 2. The number of rotatable bonds is 10. The van der Waals surface area contributed by atoms with Gasteiger partial charge in [0.2, 0.25) is 5.91 Å². The fourth-order valence-electron chi connectivity index (χ4n) is 6.82. The molecule has 9 heteroatoms. The number of nitrogens with zero attached hydrogens (tertiary/aromatic N) is 2. The van der Waals surface area contributed by atoms with Gasteiger partial charge < -0.3 is 25.2 Å². The number of hydrogen-bond acceptors (Lipinski definition) is 7. The molecule has 4 fully saturated rings. The molecule has 1 heterocycles. The van der Waals surface area contributed by atoms with Crippen molar-refractivity contribution in [1.29, 1.82) is 0 Å². The fraction of sp³-hybridized carbons (Fsp3) is 0.750. The Labute approximate surface area is 235 Å².